The Kier molecular flexibility index (Phi) is 11.0. The van der Waals surface area contributed by atoms with Crippen LogP contribution < -0.4 is 0 Å². The fourth-order valence-corrected chi connectivity index (χ4v) is 2.88. The second-order valence-corrected chi connectivity index (χ2v) is 11.5. The Labute approximate surface area is 111 Å². The molecule has 0 N–H and O–H groups in total. The Morgan fingerprint density at radius 1 is 0.706 bits per heavy atom. The SMILES string of the molecule is CCCCCCCCCCC/C=C\[Si](C)(C)C. The topological polar surface area (TPSA) is 0 Å². The molecule has 0 saturated heterocycles. The number of rotatable bonds is 11. The molecule has 0 aromatic rings. The zero-order valence-electron chi connectivity index (χ0n) is 12.7. The summed E-state index contributed by atoms with van der Waals surface area (Å²) in [5.74, 6) is 0. The maximum Gasteiger partial charge on any atom is 0.0682 e. The third-order valence-corrected chi connectivity index (χ3v) is 4.33. The van der Waals surface area contributed by atoms with E-state index in [9.17, 15) is 0 Å². The summed E-state index contributed by atoms with van der Waals surface area (Å²) >= 11 is 0. The van der Waals surface area contributed by atoms with Crippen LogP contribution in [0, 0.1) is 0 Å². The highest BCUT2D eigenvalue weighted by Crippen LogP contribution is 2.11. The van der Waals surface area contributed by atoms with Crippen molar-refractivity contribution in [1.82, 2.24) is 0 Å². The van der Waals surface area contributed by atoms with Gasteiger partial charge in [-0.05, 0) is 12.8 Å². The van der Waals surface area contributed by atoms with Gasteiger partial charge in [-0.3, -0.25) is 0 Å². The van der Waals surface area contributed by atoms with Crippen molar-refractivity contribution in [2.24, 2.45) is 0 Å². The van der Waals surface area contributed by atoms with Gasteiger partial charge in [0.2, 0.25) is 0 Å². The highest BCUT2D eigenvalue weighted by atomic mass is 28.3. The van der Waals surface area contributed by atoms with Crippen LogP contribution >= 0.6 is 0 Å². The summed E-state index contributed by atoms with van der Waals surface area (Å²) in [6.45, 7) is 9.49. The summed E-state index contributed by atoms with van der Waals surface area (Å²) in [6, 6.07) is 0. The quantitative estimate of drug-likeness (QED) is 0.298. The van der Waals surface area contributed by atoms with Crippen molar-refractivity contribution in [1.29, 1.82) is 0 Å². The summed E-state index contributed by atoms with van der Waals surface area (Å²) in [6.07, 6.45) is 16.6. The number of allylic oxidation sites excluding steroid dienone is 1. The summed E-state index contributed by atoms with van der Waals surface area (Å²) in [5.41, 5.74) is 2.48. The van der Waals surface area contributed by atoms with Crippen molar-refractivity contribution in [3.8, 4) is 0 Å². The van der Waals surface area contributed by atoms with E-state index in [1.807, 2.05) is 0 Å². The molecule has 0 bridgehead atoms. The minimum Gasteiger partial charge on any atom is -0.0989 e. The fourth-order valence-electron chi connectivity index (χ4n) is 2.01. The monoisotopic (exact) mass is 254 g/mol. The lowest BCUT2D eigenvalue weighted by molar-refractivity contribution is 0.566. The predicted molar refractivity (Wildman–Crippen MR) is 84.3 cm³/mol. The Bertz CT molecular complexity index is 176. The molecule has 0 aliphatic carbocycles. The molecule has 0 radical (unpaired) electrons. The van der Waals surface area contributed by atoms with Crippen LogP contribution in [-0.4, -0.2) is 8.07 Å². The normalized spacial score (nSPS) is 12.5. The van der Waals surface area contributed by atoms with Crippen molar-refractivity contribution >= 4 is 8.07 Å². The van der Waals surface area contributed by atoms with Gasteiger partial charge in [0.15, 0.2) is 0 Å². The highest BCUT2D eigenvalue weighted by molar-refractivity contribution is 6.80. The molecule has 0 unspecified atom stereocenters. The molecule has 0 nitrogen and oxygen atoms in total. The summed E-state index contributed by atoms with van der Waals surface area (Å²) in [5, 5.41) is 0. The number of hydrogen-bond donors (Lipinski definition) is 0. The van der Waals surface area contributed by atoms with E-state index < -0.39 is 8.07 Å². The Balaban J connectivity index is 3.11. The van der Waals surface area contributed by atoms with E-state index in [-0.39, 0.29) is 0 Å². The second-order valence-electron chi connectivity index (χ2n) is 6.39. The molecule has 0 saturated carbocycles. The Morgan fingerprint density at radius 2 is 1.18 bits per heavy atom. The molecule has 0 fully saturated rings. The average molecular weight is 255 g/mol. The molecule has 0 rings (SSSR count). The minimum absolute atomic E-state index is 0.932. The van der Waals surface area contributed by atoms with Gasteiger partial charge in [0.1, 0.15) is 0 Å². The fraction of sp³-hybridized carbons (Fsp3) is 0.875. The lowest BCUT2D eigenvalue weighted by atomic mass is 10.1. The standard InChI is InChI=1S/C16H34Si/c1-5-6-7-8-9-10-11-12-13-14-15-16-17(2,3)4/h15-16H,5-14H2,1-4H3/b16-15-. The molecular formula is C16H34Si. The predicted octanol–water partition coefficient (Wildman–Crippen LogP) is 6.34. The molecule has 17 heavy (non-hydrogen) atoms. The van der Waals surface area contributed by atoms with Crippen LogP contribution in [0.25, 0.3) is 0 Å². The first kappa shape index (κ1) is 17.0. The van der Waals surface area contributed by atoms with Crippen LogP contribution in [-0.2, 0) is 0 Å². The van der Waals surface area contributed by atoms with Gasteiger partial charge in [-0.15, -0.1) is 0 Å². The highest BCUT2D eigenvalue weighted by Gasteiger charge is 2.05. The molecule has 102 valence electrons. The van der Waals surface area contributed by atoms with E-state index >= 15 is 0 Å². The molecule has 0 aliphatic heterocycles. The zero-order chi connectivity index (χ0) is 13.0. The van der Waals surface area contributed by atoms with Gasteiger partial charge in [-0.25, -0.2) is 0 Å². The average Bonchev–Trinajstić information content (AvgIpc) is 2.24. The van der Waals surface area contributed by atoms with Crippen LogP contribution in [0.15, 0.2) is 11.8 Å². The lowest BCUT2D eigenvalue weighted by Crippen LogP contribution is -2.15. The van der Waals surface area contributed by atoms with Crippen molar-refractivity contribution in [3.63, 3.8) is 0 Å². The molecule has 0 atom stereocenters. The van der Waals surface area contributed by atoms with Gasteiger partial charge in [-0.2, -0.15) is 0 Å². The van der Waals surface area contributed by atoms with Gasteiger partial charge in [-0.1, -0.05) is 89.7 Å². The van der Waals surface area contributed by atoms with Crippen LogP contribution in [0.4, 0.5) is 0 Å². The molecular weight excluding hydrogens is 220 g/mol. The van der Waals surface area contributed by atoms with E-state index in [0.717, 1.165) is 0 Å². The van der Waals surface area contributed by atoms with Crippen molar-refractivity contribution in [2.45, 2.75) is 90.8 Å². The molecule has 0 aromatic carbocycles. The van der Waals surface area contributed by atoms with E-state index in [1.165, 1.54) is 64.2 Å². The summed E-state index contributed by atoms with van der Waals surface area (Å²) < 4.78 is 0. The molecule has 0 aliphatic rings. The van der Waals surface area contributed by atoms with E-state index in [0.29, 0.717) is 0 Å². The molecule has 0 heterocycles. The zero-order valence-corrected chi connectivity index (χ0v) is 13.7. The third-order valence-electron chi connectivity index (χ3n) is 3.09. The van der Waals surface area contributed by atoms with Crippen molar-refractivity contribution in [3.05, 3.63) is 11.8 Å². The third kappa shape index (κ3) is 16.0. The number of hydrogen-bond acceptors (Lipinski definition) is 0. The molecule has 0 spiro atoms. The van der Waals surface area contributed by atoms with Crippen molar-refractivity contribution < 1.29 is 0 Å². The largest absolute Gasteiger partial charge is 0.0989 e. The second kappa shape index (κ2) is 11.1. The number of unbranched alkanes of at least 4 members (excludes halogenated alkanes) is 9. The summed E-state index contributed by atoms with van der Waals surface area (Å²) in [7, 11) is -0.932. The first-order valence-electron chi connectivity index (χ1n) is 7.74. The van der Waals surface area contributed by atoms with Gasteiger partial charge in [0, 0.05) is 0 Å². The van der Waals surface area contributed by atoms with E-state index in [2.05, 4.69) is 38.3 Å². The molecule has 0 aromatic heterocycles. The smallest absolute Gasteiger partial charge is 0.0682 e. The minimum atomic E-state index is -0.932. The Hall–Kier alpha value is -0.0431. The Morgan fingerprint density at radius 3 is 1.65 bits per heavy atom. The van der Waals surface area contributed by atoms with Gasteiger partial charge in [0.25, 0.3) is 0 Å². The maximum atomic E-state index is 2.48. The molecule has 1 heteroatoms. The first-order chi connectivity index (χ1) is 8.06. The maximum absolute atomic E-state index is 2.48. The first-order valence-corrected chi connectivity index (χ1v) is 11.3. The van der Waals surface area contributed by atoms with Crippen LogP contribution in [0.2, 0.25) is 19.6 Å². The lowest BCUT2D eigenvalue weighted by Gasteiger charge is -2.07. The van der Waals surface area contributed by atoms with Crippen LogP contribution in [0.5, 0.6) is 0 Å². The van der Waals surface area contributed by atoms with Crippen LogP contribution in [0.1, 0.15) is 71.1 Å². The summed E-state index contributed by atoms with van der Waals surface area (Å²) in [4.78, 5) is 0. The molecule has 0 amide bonds. The van der Waals surface area contributed by atoms with Gasteiger partial charge < -0.3 is 0 Å². The van der Waals surface area contributed by atoms with Gasteiger partial charge in [0.05, 0.1) is 8.07 Å². The van der Waals surface area contributed by atoms with Crippen molar-refractivity contribution in [2.75, 3.05) is 0 Å². The van der Waals surface area contributed by atoms with Gasteiger partial charge >= 0.3 is 0 Å². The van der Waals surface area contributed by atoms with E-state index in [1.54, 1.807) is 0 Å². The van der Waals surface area contributed by atoms with E-state index in [4.69, 9.17) is 0 Å². The van der Waals surface area contributed by atoms with Crippen LogP contribution in [0.3, 0.4) is 0 Å².